The van der Waals surface area contributed by atoms with Crippen LogP contribution in [0.25, 0.3) is 16.6 Å². The van der Waals surface area contributed by atoms with E-state index >= 15 is 0 Å². The first kappa shape index (κ1) is 26.8. The average Bonchev–Trinajstić information content (AvgIpc) is 2.76. The Labute approximate surface area is 201 Å². The number of aromatic nitrogens is 2. The van der Waals surface area contributed by atoms with Gasteiger partial charge in [-0.3, -0.25) is 10.1 Å². The number of carbonyl (C=O) groups excluding carboxylic acids is 2. The van der Waals surface area contributed by atoms with E-state index < -0.39 is 28.9 Å². The predicted molar refractivity (Wildman–Crippen MR) is 129 cm³/mol. The Morgan fingerprint density at radius 2 is 1.88 bits per heavy atom. The predicted octanol–water partition coefficient (Wildman–Crippen LogP) is 5.73. The molecule has 182 valence electrons. The first-order valence-corrected chi connectivity index (χ1v) is 11.1. The van der Waals surface area contributed by atoms with Gasteiger partial charge in [0.15, 0.2) is 0 Å². The molecule has 1 aromatic carbocycles. The van der Waals surface area contributed by atoms with Crippen LogP contribution in [0.1, 0.15) is 51.9 Å². The summed E-state index contributed by atoms with van der Waals surface area (Å²) in [6.45, 7) is 10.9. The van der Waals surface area contributed by atoms with E-state index in [1.165, 1.54) is 29.1 Å². The molecule has 0 bridgehead atoms. The quantitative estimate of drug-likeness (QED) is 0.468. The molecular formula is C24H27ClFN3O5. The number of anilines is 1. The number of amides is 1. The first-order valence-electron chi connectivity index (χ1n) is 10.7. The number of hydrogen-bond acceptors (Lipinski definition) is 6. The Balaban J connectivity index is 0.00000199. The maximum atomic E-state index is 14.2. The van der Waals surface area contributed by atoms with E-state index in [4.69, 9.17) is 21.1 Å². The van der Waals surface area contributed by atoms with Crippen LogP contribution < -0.4 is 10.7 Å². The number of benzene rings is 1. The first-order chi connectivity index (χ1) is 16.0. The number of rotatable bonds is 4. The molecular weight excluding hydrogens is 465 g/mol. The Morgan fingerprint density at radius 1 is 1.21 bits per heavy atom. The Hall–Kier alpha value is -3.46. The van der Waals surface area contributed by atoms with Gasteiger partial charge in [0.05, 0.1) is 29.0 Å². The van der Waals surface area contributed by atoms with Crippen LogP contribution >= 0.6 is 11.6 Å². The number of nitrogens with one attached hydrogen (secondary N) is 1. The average molecular weight is 492 g/mol. The van der Waals surface area contributed by atoms with Gasteiger partial charge in [-0.15, -0.1) is 0 Å². The summed E-state index contributed by atoms with van der Waals surface area (Å²) in [6.07, 6.45) is 1.97. The van der Waals surface area contributed by atoms with E-state index in [1.54, 1.807) is 33.8 Å². The molecule has 0 spiro atoms. The zero-order valence-corrected chi connectivity index (χ0v) is 20.6. The van der Waals surface area contributed by atoms with Gasteiger partial charge in [0.1, 0.15) is 22.8 Å². The Kier molecular flexibility index (Phi) is 8.75. The Bertz CT molecular complexity index is 1250. The molecule has 0 unspecified atom stereocenters. The highest BCUT2D eigenvalue weighted by Gasteiger charge is 2.20. The number of fused-ring (bicyclic) bond motifs is 1. The number of carbonyl (C=O) groups is 2. The molecule has 10 heteroatoms. The molecule has 0 saturated heterocycles. The van der Waals surface area contributed by atoms with E-state index in [0.29, 0.717) is 5.69 Å². The van der Waals surface area contributed by atoms with E-state index in [0.717, 1.165) is 6.07 Å². The molecule has 8 nitrogen and oxygen atoms in total. The number of esters is 1. The van der Waals surface area contributed by atoms with Gasteiger partial charge in [-0.05, 0) is 45.9 Å². The van der Waals surface area contributed by atoms with Crippen LogP contribution in [0.4, 0.5) is 15.0 Å². The minimum atomic E-state index is -0.815. The van der Waals surface area contributed by atoms with Gasteiger partial charge in [-0.2, -0.15) is 0 Å². The number of pyridine rings is 2. The summed E-state index contributed by atoms with van der Waals surface area (Å²) in [6, 6.07) is 5.34. The molecule has 1 amide bonds. The van der Waals surface area contributed by atoms with Crippen LogP contribution in [0.3, 0.4) is 0 Å². The monoisotopic (exact) mass is 491 g/mol. The van der Waals surface area contributed by atoms with Crippen molar-refractivity contribution < 1.29 is 23.5 Å². The van der Waals surface area contributed by atoms with Crippen molar-refractivity contribution in [3.05, 3.63) is 63.3 Å². The second-order valence-electron chi connectivity index (χ2n) is 7.77. The molecule has 0 aliphatic rings. The molecule has 0 atom stereocenters. The van der Waals surface area contributed by atoms with Crippen molar-refractivity contribution in [3.8, 4) is 5.69 Å². The molecule has 1 N–H and O–H groups in total. The molecule has 0 fully saturated rings. The van der Waals surface area contributed by atoms with Crippen LogP contribution in [0.15, 0.2) is 41.5 Å². The van der Waals surface area contributed by atoms with Gasteiger partial charge in [0, 0.05) is 17.6 Å². The third kappa shape index (κ3) is 6.32. The van der Waals surface area contributed by atoms with Crippen molar-refractivity contribution in [3.63, 3.8) is 0 Å². The van der Waals surface area contributed by atoms with Crippen molar-refractivity contribution in [2.45, 2.75) is 47.1 Å². The number of halogens is 2. The SMILES string of the molecule is CC.CCOC(=O)c1cn(-c2ccc(NC(=O)OC(C)(C)C)nc2)c2cc(F)c(Cl)cc2c1=O. The van der Waals surface area contributed by atoms with E-state index in [-0.39, 0.29) is 33.9 Å². The van der Waals surface area contributed by atoms with E-state index in [9.17, 15) is 18.8 Å². The zero-order valence-electron chi connectivity index (χ0n) is 19.9. The summed E-state index contributed by atoms with van der Waals surface area (Å²) < 4.78 is 25.8. The molecule has 3 rings (SSSR count). The maximum absolute atomic E-state index is 14.2. The van der Waals surface area contributed by atoms with Crippen molar-refractivity contribution in [1.29, 1.82) is 0 Å². The third-order valence-electron chi connectivity index (χ3n) is 4.20. The molecule has 3 aromatic rings. The second kappa shape index (κ2) is 11.1. The van der Waals surface area contributed by atoms with Crippen LogP contribution in [0.5, 0.6) is 0 Å². The molecule has 0 radical (unpaired) electrons. The van der Waals surface area contributed by atoms with E-state index in [2.05, 4.69) is 10.3 Å². The standard InChI is InChI=1S/C22H21ClFN3O5.C2H6/c1-5-31-20(29)14-11-27(17-9-16(24)15(23)8-13(17)19(14)28)12-6-7-18(25-10-12)26-21(30)32-22(2,3)4;1-2/h6-11H,5H2,1-4H3,(H,25,26,30);1-2H3. The van der Waals surface area contributed by atoms with Crippen LogP contribution in [0, 0.1) is 5.82 Å². The molecule has 2 heterocycles. The van der Waals surface area contributed by atoms with Gasteiger partial charge in [-0.1, -0.05) is 25.4 Å². The second-order valence-corrected chi connectivity index (χ2v) is 8.18. The highest BCUT2D eigenvalue weighted by atomic mass is 35.5. The van der Waals surface area contributed by atoms with Crippen LogP contribution in [-0.2, 0) is 9.47 Å². The number of hydrogen-bond donors (Lipinski definition) is 1. The molecule has 34 heavy (non-hydrogen) atoms. The fourth-order valence-electron chi connectivity index (χ4n) is 2.90. The fraction of sp³-hybridized carbons (Fsp3) is 0.333. The van der Waals surface area contributed by atoms with Gasteiger partial charge in [0.25, 0.3) is 0 Å². The van der Waals surface area contributed by atoms with Gasteiger partial charge in [0.2, 0.25) is 5.43 Å². The zero-order chi connectivity index (χ0) is 25.6. The van der Waals surface area contributed by atoms with Gasteiger partial charge < -0.3 is 14.0 Å². The summed E-state index contributed by atoms with van der Waals surface area (Å²) in [5, 5.41) is 2.29. The third-order valence-corrected chi connectivity index (χ3v) is 4.49. The summed E-state index contributed by atoms with van der Waals surface area (Å²) in [5.41, 5.74) is -0.962. The van der Waals surface area contributed by atoms with Crippen LogP contribution in [0.2, 0.25) is 5.02 Å². The topological polar surface area (TPSA) is 99.5 Å². The fourth-order valence-corrected chi connectivity index (χ4v) is 3.06. The highest BCUT2D eigenvalue weighted by molar-refractivity contribution is 6.31. The largest absolute Gasteiger partial charge is 0.462 e. The van der Waals surface area contributed by atoms with Crippen LogP contribution in [-0.4, -0.2) is 33.8 Å². The van der Waals surface area contributed by atoms with Gasteiger partial charge in [-0.25, -0.2) is 19.0 Å². The van der Waals surface area contributed by atoms with Crippen molar-refractivity contribution in [1.82, 2.24) is 9.55 Å². The summed E-state index contributed by atoms with van der Waals surface area (Å²) in [4.78, 5) is 41.2. The smallest absolute Gasteiger partial charge is 0.413 e. The summed E-state index contributed by atoms with van der Waals surface area (Å²) in [5.74, 6) is -1.33. The molecule has 0 aliphatic carbocycles. The van der Waals surface area contributed by atoms with E-state index in [1.807, 2.05) is 13.8 Å². The van der Waals surface area contributed by atoms with Crippen molar-refractivity contribution in [2.24, 2.45) is 0 Å². The lowest BCUT2D eigenvalue weighted by atomic mass is 10.1. The lowest BCUT2D eigenvalue weighted by molar-refractivity contribution is 0.0523. The minimum absolute atomic E-state index is 0.0397. The number of ether oxygens (including phenoxy) is 2. The highest BCUT2D eigenvalue weighted by Crippen LogP contribution is 2.24. The molecule has 2 aromatic heterocycles. The lowest BCUT2D eigenvalue weighted by Crippen LogP contribution is -2.27. The summed E-state index contributed by atoms with van der Waals surface area (Å²) in [7, 11) is 0. The Morgan fingerprint density at radius 3 is 2.44 bits per heavy atom. The minimum Gasteiger partial charge on any atom is -0.462 e. The molecule has 0 saturated carbocycles. The maximum Gasteiger partial charge on any atom is 0.413 e. The lowest BCUT2D eigenvalue weighted by Gasteiger charge is -2.19. The molecule has 0 aliphatic heterocycles. The summed E-state index contributed by atoms with van der Waals surface area (Å²) >= 11 is 5.86. The van der Waals surface area contributed by atoms with Gasteiger partial charge >= 0.3 is 12.1 Å². The normalized spacial score (nSPS) is 10.8. The van der Waals surface area contributed by atoms with Crippen molar-refractivity contribution >= 4 is 40.4 Å². The number of nitrogens with zero attached hydrogens (tertiary/aromatic N) is 2. The van der Waals surface area contributed by atoms with Crippen molar-refractivity contribution in [2.75, 3.05) is 11.9 Å².